The molecule has 0 unspecified atom stereocenters. The third kappa shape index (κ3) is 4.36. The minimum Gasteiger partial charge on any atom is -0.376 e. The third-order valence-electron chi connectivity index (χ3n) is 2.67. The highest BCUT2D eigenvalue weighted by Gasteiger charge is 2.09. The Morgan fingerprint density at radius 3 is 2.89 bits per heavy atom. The van der Waals surface area contributed by atoms with Gasteiger partial charge in [0.25, 0.3) is 0 Å². The summed E-state index contributed by atoms with van der Waals surface area (Å²) in [5.74, 6) is 0.0772. The highest BCUT2D eigenvalue weighted by molar-refractivity contribution is 9.10. The number of nitrogens with zero attached hydrogens (tertiary/aromatic N) is 1. The van der Waals surface area contributed by atoms with E-state index in [-0.39, 0.29) is 5.91 Å². The summed E-state index contributed by atoms with van der Waals surface area (Å²) in [7, 11) is 1.82. The van der Waals surface area contributed by atoms with E-state index in [9.17, 15) is 4.79 Å². The lowest BCUT2D eigenvalue weighted by atomic mass is 10.3. The van der Waals surface area contributed by atoms with E-state index in [1.807, 2.05) is 48.8 Å². The van der Waals surface area contributed by atoms with Gasteiger partial charge in [0.1, 0.15) is 0 Å². The quantitative estimate of drug-likeness (QED) is 0.903. The summed E-state index contributed by atoms with van der Waals surface area (Å²) in [5.41, 5.74) is 0.937. The molecule has 0 aliphatic rings. The van der Waals surface area contributed by atoms with Crippen molar-refractivity contribution in [3.63, 3.8) is 0 Å². The number of benzene rings is 1. The molecule has 19 heavy (non-hydrogen) atoms. The van der Waals surface area contributed by atoms with E-state index in [1.165, 1.54) is 4.88 Å². The standard InChI is InChI=1S/C14H15BrN2OS/c1-17(10-13-6-3-7-19-13)14(18)9-16-12-5-2-4-11(15)8-12/h2-8,16H,9-10H2,1H3. The van der Waals surface area contributed by atoms with Crippen LogP contribution in [0.1, 0.15) is 4.88 Å². The molecule has 1 heterocycles. The molecule has 0 atom stereocenters. The Bertz CT molecular complexity index is 542. The van der Waals surface area contributed by atoms with Crippen molar-refractivity contribution in [2.24, 2.45) is 0 Å². The summed E-state index contributed by atoms with van der Waals surface area (Å²) in [6.45, 7) is 0.967. The molecule has 2 rings (SSSR count). The first-order chi connectivity index (χ1) is 9.15. The predicted molar refractivity (Wildman–Crippen MR) is 83.4 cm³/mol. The van der Waals surface area contributed by atoms with Crippen LogP contribution in [0.3, 0.4) is 0 Å². The Labute approximate surface area is 125 Å². The molecule has 0 radical (unpaired) electrons. The van der Waals surface area contributed by atoms with Gasteiger partial charge in [0.15, 0.2) is 0 Å². The maximum Gasteiger partial charge on any atom is 0.241 e. The van der Waals surface area contributed by atoms with Gasteiger partial charge in [0.2, 0.25) is 5.91 Å². The number of amides is 1. The molecule has 1 aromatic carbocycles. The van der Waals surface area contributed by atoms with E-state index in [0.717, 1.165) is 10.2 Å². The normalized spacial score (nSPS) is 10.2. The summed E-state index contributed by atoms with van der Waals surface area (Å²) in [6.07, 6.45) is 0. The van der Waals surface area contributed by atoms with Gasteiger partial charge in [-0.1, -0.05) is 28.1 Å². The summed E-state index contributed by atoms with van der Waals surface area (Å²) in [6, 6.07) is 11.8. The van der Waals surface area contributed by atoms with E-state index >= 15 is 0 Å². The van der Waals surface area contributed by atoms with Gasteiger partial charge in [-0.25, -0.2) is 0 Å². The highest BCUT2D eigenvalue weighted by Crippen LogP contribution is 2.15. The van der Waals surface area contributed by atoms with Crippen LogP contribution in [0, 0.1) is 0 Å². The monoisotopic (exact) mass is 338 g/mol. The smallest absolute Gasteiger partial charge is 0.241 e. The molecule has 1 amide bonds. The van der Waals surface area contributed by atoms with E-state index in [0.29, 0.717) is 13.1 Å². The molecule has 0 aliphatic carbocycles. The molecule has 0 saturated carbocycles. The molecule has 1 aromatic heterocycles. The number of anilines is 1. The maximum absolute atomic E-state index is 12.0. The zero-order valence-corrected chi connectivity index (χ0v) is 13.0. The predicted octanol–water partition coefficient (Wildman–Crippen LogP) is 3.58. The number of likely N-dealkylation sites (N-methyl/N-ethyl adjacent to an activating group) is 1. The molecule has 0 aliphatic heterocycles. The van der Waals surface area contributed by atoms with E-state index in [1.54, 1.807) is 16.2 Å². The van der Waals surface area contributed by atoms with Gasteiger partial charge in [-0.2, -0.15) is 0 Å². The van der Waals surface area contributed by atoms with Crippen LogP contribution in [-0.4, -0.2) is 24.4 Å². The fourth-order valence-corrected chi connectivity index (χ4v) is 2.79. The Morgan fingerprint density at radius 1 is 1.37 bits per heavy atom. The van der Waals surface area contributed by atoms with Crippen molar-refractivity contribution >= 4 is 38.9 Å². The minimum atomic E-state index is 0.0772. The SMILES string of the molecule is CN(Cc1cccs1)C(=O)CNc1cccc(Br)c1. The summed E-state index contributed by atoms with van der Waals surface area (Å²) < 4.78 is 0.997. The van der Waals surface area contributed by atoms with Crippen LogP contribution in [-0.2, 0) is 11.3 Å². The molecule has 0 spiro atoms. The summed E-state index contributed by atoms with van der Waals surface area (Å²) in [5, 5.41) is 5.15. The Kier molecular flexibility index (Phi) is 4.99. The summed E-state index contributed by atoms with van der Waals surface area (Å²) >= 11 is 5.07. The lowest BCUT2D eigenvalue weighted by Gasteiger charge is -2.17. The van der Waals surface area contributed by atoms with Crippen LogP contribution >= 0.6 is 27.3 Å². The number of halogens is 1. The van der Waals surface area contributed by atoms with Gasteiger partial charge in [0.05, 0.1) is 13.1 Å². The Morgan fingerprint density at radius 2 is 2.21 bits per heavy atom. The molecule has 3 nitrogen and oxygen atoms in total. The second-order valence-electron chi connectivity index (χ2n) is 4.19. The molecular formula is C14H15BrN2OS. The zero-order valence-electron chi connectivity index (χ0n) is 10.6. The van der Waals surface area contributed by atoms with Crippen LogP contribution in [0.4, 0.5) is 5.69 Å². The molecule has 0 saturated heterocycles. The number of hydrogen-bond acceptors (Lipinski definition) is 3. The number of carbonyl (C=O) groups is 1. The first-order valence-electron chi connectivity index (χ1n) is 5.91. The second kappa shape index (κ2) is 6.73. The average molecular weight is 339 g/mol. The minimum absolute atomic E-state index is 0.0772. The second-order valence-corrected chi connectivity index (χ2v) is 6.14. The lowest BCUT2D eigenvalue weighted by Crippen LogP contribution is -2.31. The molecule has 5 heteroatoms. The van der Waals surface area contributed by atoms with Gasteiger partial charge >= 0.3 is 0 Å². The van der Waals surface area contributed by atoms with Crippen molar-refractivity contribution in [2.75, 3.05) is 18.9 Å². The average Bonchev–Trinajstić information content (AvgIpc) is 2.89. The van der Waals surface area contributed by atoms with Gasteiger partial charge < -0.3 is 10.2 Å². The summed E-state index contributed by atoms with van der Waals surface area (Å²) in [4.78, 5) is 14.9. The van der Waals surface area contributed by atoms with Crippen LogP contribution in [0.15, 0.2) is 46.3 Å². The molecule has 0 bridgehead atoms. The first-order valence-corrected chi connectivity index (χ1v) is 7.58. The Hall–Kier alpha value is -1.33. The fraction of sp³-hybridized carbons (Fsp3) is 0.214. The molecule has 2 aromatic rings. The van der Waals surface area contributed by atoms with Crippen molar-refractivity contribution in [1.82, 2.24) is 4.90 Å². The fourth-order valence-electron chi connectivity index (χ4n) is 1.64. The number of nitrogens with one attached hydrogen (secondary N) is 1. The van der Waals surface area contributed by atoms with Gasteiger partial charge in [-0.15, -0.1) is 11.3 Å². The van der Waals surface area contributed by atoms with Crippen molar-refractivity contribution in [2.45, 2.75) is 6.54 Å². The number of rotatable bonds is 5. The number of thiophene rings is 1. The van der Waals surface area contributed by atoms with Crippen molar-refractivity contribution in [3.8, 4) is 0 Å². The molecule has 1 N–H and O–H groups in total. The zero-order chi connectivity index (χ0) is 13.7. The van der Waals surface area contributed by atoms with E-state index in [4.69, 9.17) is 0 Å². The largest absolute Gasteiger partial charge is 0.376 e. The molecule has 0 fully saturated rings. The van der Waals surface area contributed by atoms with Crippen LogP contribution < -0.4 is 5.32 Å². The highest BCUT2D eigenvalue weighted by atomic mass is 79.9. The molecular weight excluding hydrogens is 324 g/mol. The van der Waals surface area contributed by atoms with Crippen LogP contribution in [0.2, 0.25) is 0 Å². The first kappa shape index (κ1) is 14.1. The van der Waals surface area contributed by atoms with E-state index < -0.39 is 0 Å². The van der Waals surface area contributed by atoms with Crippen LogP contribution in [0.25, 0.3) is 0 Å². The number of hydrogen-bond donors (Lipinski definition) is 1. The van der Waals surface area contributed by atoms with Gasteiger partial charge in [-0.3, -0.25) is 4.79 Å². The topological polar surface area (TPSA) is 32.3 Å². The van der Waals surface area contributed by atoms with E-state index in [2.05, 4.69) is 21.2 Å². The van der Waals surface area contributed by atoms with Crippen molar-refractivity contribution in [3.05, 3.63) is 51.1 Å². The van der Waals surface area contributed by atoms with Crippen molar-refractivity contribution in [1.29, 1.82) is 0 Å². The number of carbonyl (C=O) groups excluding carboxylic acids is 1. The van der Waals surface area contributed by atoms with Gasteiger partial charge in [0, 0.05) is 22.1 Å². The molecule has 100 valence electrons. The Balaban J connectivity index is 1.84. The lowest BCUT2D eigenvalue weighted by molar-refractivity contribution is -0.128. The van der Waals surface area contributed by atoms with Crippen LogP contribution in [0.5, 0.6) is 0 Å². The van der Waals surface area contributed by atoms with Gasteiger partial charge in [-0.05, 0) is 29.6 Å². The maximum atomic E-state index is 12.0. The van der Waals surface area contributed by atoms with Crippen molar-refractivity contribution < 1.29 is 4.79 Å². The third-order valence-corrected chi connectivity index (χ3v) is 4.02.